The molecule has 1 aromatic rings. The fraction of sp³-hybridized carbons (Fsp3) is 0.556. The van der Waals surface area contributed by atoms with Gasteiger partial charge in [0, 0.05) is 19.5 Å². The molecule has 14 heavy (non-hydrogen) atoms. The molecule has 0 bridgehead atoms. The number of aromatic amines is 1. The highest BCUT2D eigenvalue weighted by Crippen LogP contribution is 2.10. The van der Waals surface area contributed by atoms with Crippen LogP contribution in [0.4, 0.5) is 0 Å². The van der Waals surface area contributed by atoms with Gasteiger partial charge in [0.2, 0.25) is 0 Å². The minimum absolute atomic E-state index is 0.482. The highest BCUT2D eigenvalue weighted by molar-refractivity contribution is 5.12. The molecule has 0 saturated heterocycles. The van der Waals surface area contributed by atoms with Gasteiger partial charge in [0.25, 0.3) is 0 Å². The molecule has 1 N–H and O–H groups in total. The lowest BCUT2D eigenvalue weighted by Gasteiger charge is -2.22. The third kappa shape index (κ3) is 2.11. The molecule has 1 aliphatic rings. The Bertz CT molecular complexity index is 391. The number of hydrogen-bond donors (Lipinski definition) is 1. The second kappa shape index (κ2) is 3.79. The van der Waals surface area contributed by atoms with Gasteiger partial charge >= 0.3 is 5.76 Å². The first-order chi connectivity index (χ1) is 6.74. The zero-order valence-electron chi connectivity index (χ0n) is 8.12. The van der Waals surface area contributed by atoms with E-state index in [-0.39, 0.29) is 0 Å². The van der Waals surface area contributed by atoms with Gasteiger partial charge in [-0.2, -0.15) is 0 Å². The van der Waals surface area contributed by atoms with Crippen LogP contribution in [0, 0.1) is 0 Å². The lowest BCUT2D eigenvalue weighted by molar-refractivity contribution is 0.349. The molecule has 0 fully saturated rings. The van der Waals surface area contributed by atoms with E-state index in [4.69, 9.17) is 0 Å². The number of H-pyrrole nitrogens is 1. The lowest BCUT2D eigenvalue weighted by Crippen LogP contribution is -2.26. The van der Waals surface area contributed by atoms with E-state index in [0.717, 1.165) is 19.5 Å². The van der Waals surface area contributed by atoms with E-state index >= 15 is 0 Å². The van der Waals surface area contributed by atoms with E-state index < -0.39 is 5.76 Å². The quantitative estimate of drug-likeness (QED) is 0.683. The average molecular weight is 195 g/mol. The summed E-state index contributed by atoms with van der Waals surface area (Å²) in [4.78, 5) is 15.5. The summed E-state index contributed by atoms with van der Waals surface area (Å²) < 4.78 is 4.43. The molecule has 0 aromatic carbocycles. The summed E-state index contributed by atoms with van der Waals surface area (Å²) in [7, 11) is 2.08. The predicted octanol–water partition coefficient (Wildman–Crippen LogP) is 0.167. The van der Waals surface area contributed by atoms with E-state index in [1.165, 1.54) is 5.57 Å². The van der Waals surface area contributed by atoms with E-state index in [0.29, 0.717) is 12.2 Å². The summed E-state index contributed by atoms with van der Waals surface area (Å²) in [5.74, 6) is 0.126. The number of rotatable bonds is 2. The molecule has 76 valence electrons. The Kier molecular flexibility index (Phi) is 2.49. The average Bonchev–Trinajstić information content (AvgIpc) is 2.51. The van der Waals surface area contributed by atoms with E-state index in [1.54, 1.807) is 0 Å². The van der Waals surface area contributed by atoms with Crippen molar-refractivity contribution < 1.29 is 4.52 Å². The lowest BCUT2D eigenvalue weighted by atomic mass is 10.1. The van der Waals surface area contributed by atoms with Crippen molar-refractivity contribution >= 4 is 0 Å². The van der Waals surface area contributed by atoms with Crippen molar-refractivity contribution in [2.24, 2.45) is 0 Å². The Morgan fingerprint density at radius 3 is 3.21 bits per heavy atom. The second-order valence-electron chi connectivity index (χ2n) is 3.61. The summed E-state index contributed by atoms with van der Waals surface area (Å²) in [5.41, 5.74) is 1.28. The van der Waals surface area contributed by atoms with Crippen LogP contribution < -0.4 is 5.76 Å². The van der Waals surface area contributed by atoms with Crippen LogP contribution in [0.5, 0.6) is 0 Å². The molecule has 0 atom stereocenters. The van der Waals surface area contributed by atoms with E-state index in [1.807, 2.05) is 0 Å². The summed E-state index contributed by atoms with van der Waals surface area (Å²) >= 11 is 0. The number of nitrogens with one attached hydrogen (secondary N) is 1. The van der Waals surface area contributed by atoms with E-state index in [2.05, 4.69) is 32.7 Å². The first-order valence-electron chi connectivity index (χ1n) is 4.65. The summed E-state index contributed by atoms with van der Waals surface area (Å²) in [5, 5.41) is 3.63. The monoisotopic (exact) mass is 195 g/mol. The Hall–Kier alpha value is -1.36. The molecule has 0 saturated carbocycles. The predicted molar refractivity (Wildman–Crippen MR) is 51.0 cm³/mol. The number of likely N-dealkylation sites (N-methyl/N-ethyl adjacent to an activating group) is 1. The Morgan fingerprint density at radius 1 is 1.71 bits per heavy atom. The molecule has 0 amide bonds. The Morgan fingerprint density at radius 2 is 2.57 bits per heavy atom. The van der Waals surface area contributed by atoms with Gasteiger partial charge in [0.15, 0.2) is 5.82 Å². The normalized spacial score (nSPS) is 18.2. The summed E-state index contributed by atoms with van der Waals surface area (Å²) in [6.45, 7) is 2.04. The second-order valence-corrected chi connectivity index (χ2v) is 3.61. The van der Waals surface area contributed by atoms with Gasteiger partial charge in [-0.25, -0.2) is 4.79 Å². The third-order valence-electron chi connectivity index (χ3n) is 2.30. The molecule has 0 spiro atoms. The van der Waals surface area contributed by atoms with Gasteiger partial charge in [-0.15, -0.1) is 0 Å². The first-order valence-corrected chi connectivity index (χ1v) is 4.65. The molecule has 1 aromatic heterocycles. The maximum Gasteiger partial charge on any atom is 0.438 e. The SMILES string of the molecule is CN1CCC=C(Cc2noc(=O)[nH]2)C1. The molecule has 5 nitrogen and oxygen atoms in total. The number of nitrogens with zero attached hydrogens (tertiary/aromatic N) is 2. The van der Waals surface area contributed by atoms with Gasteiger partial charge in [0.05, 0.1) is 0 Å². The van der Waals surface area contributed by atoms with Crippen molar-refractivity contribution in [1.29, 1.82) is 0 Å². The van der Waals surface area contributed by atoms with Crippen molar-refractivity contribution in [2.75, 3.05) is 20.1 Å². The standard InChI is InChI=1S/C9H13N3O2/c1-12-4-2-3-7(6-12)5-8-10-9(13)14-11-8/h3H,2,4-6H2,1H3,(H,10,11,13). The van der Waals surface area contributed by atoms with Crippen molar-refractivity contribution in [1.82, 2.24) is 15.0 Å². The van der Waals surface area contributed by atoms with Crippen LogP contribution in [0.15, 0.2) is 21.0 Å². The third-order valence-corrected chi connectivity index (χ3v) is 2.30. The van der Waals surface area contributed by atoms with Crippen LogP contribution in [0.1, 0.15) is 12.2 Å². The summed E-state index contributed by atoms with van der Waals surface area (Å²) in [6, 6.07) is 0. The van der Waals surface area contributed by atoms with Crippen LogP contribution in [-0.2, 0) is 6.42 Å². The zero-order valence-corrected chi connectivity index (χ0v) is 8.12. The van der Waals surface area contributed by atoms with Crippen molar-refractivity contribution in [2.45, 2.75) is 12.8 Å². The number of hydrogen-bond acceptors (Lipinski definition) is 4. The highest BCUT2D eigenvalue weighted by atomic mass is 16.5. The van der Waals surface area contributed by atoms with E-state index in [9.17, 15) is 4.79 Å². The Labute approximate surface area is 81.4 Å². The smallest absolute Gasteiger partial charge is 0.302 e. The topological polar surface area (TPSA) is 62.1 Å². The largest absolute Gasteiger partial charge is 0.438 e. The first kappa shape index (κ1) is 9.21. The minimum Gasteiger partial charge on any atom is -0.302 e. The van der Waals surface area contributed by atoms with Gasteiger partial charge in [-0.3, -0.25) is 9.51 Å². The van der Waals surface area contributed by atoms with Crippen LogP contribution in [-0.4, -0.2) is 35.2 Å². The maximum absolute atomic E-state index is 10.7. The fourth-order valence-electron chi connectivity index (χ4n) is 1.66. The Balaban J connectivity index is 2.04. The van der Waals surface area contributed by atoms with Crippen LogP contribution >= 0.6 is 0 Å². The van der Waals surface area contributed by atoms with Gasteiger partial charge in [-0.05, 0) is 13.5 Å². The number of aromatic nitrogens is 2. The van der Waals surface area contributed by atoms with Crippen molar-refractivity contribution in [3.8, 4) is 0 Å². The molecular formula is C9H13N3O2. The molecule has 2 heterocycles. The van der Waals surface area contributed by atoms with Crippen LogP contribution in [0.3, 0.4) is 0 Å². The summed E-state index contributed by atoms with van der Waals surface area (Å²) in [6.07, 6.45) is 3.94. The molecule has 2 rings (SSSR count). The molecule has 0 aliphatic carbocycles. The molecule has 0 unspecified atom stereocenters. The van der Waals surface area contributed by atoms with Crippen molar-refractivity contribution in [3.63, 3.8) is 0 Å². The zero-order chi connectivity index (χ0) is 9.97. The molecule has 1 aliphatic heterocycles. The maximum atomic E-state index is 10.7. The highest BCUT2D eigenvalue weighted by Gasteiger charge is 2.10. The fourth-order valence-corrected chi connectivity index (χ4v) is 1.66. The minimum atomic E-state index is -0.482. The molecular weight excluding hydrogens is 182 g/mol. The van der Waals surface area contributed by atoms with Gasteiger partial charge < -0.3 is 4.90 Å². The molecule has 5 heteroatoms. The van der Waals surface area contributed by atoms with Gasteiger partial charge in [-0.1, -0.05) is 16.8 Å². The van der Waals surface area contributed by atoms with Gasteiger partial charge in [0.1, 0.15) is 0 Å². The van der Waals surface area contributed by atoms with Crippen molar-refractivity contribution in [3.05, 3.63) is 28.0 Å². The van der Waals surface area contributed by atoms with Crippen LogP contribution in [0.2, 0.25) is 0 Å². The molecule has 0 radical (unpaired) electrons. The van der Waals surface area contributed by atoms with Crippen LogP contribution in [0.25, 0.3) is 0 Å².